The summed E-state index contributed by atoms with van der Waals surface area (Å²) in [6, 6.07) is 7.79. The van der Waals surface area contributed by atoms with Crippen LogP contribution < -0.4 is 4.74 Å². The molecule has 1 amide bonds. The van der Waals surface area contributed by atoms with Gasteiger partial charge in [0, 0.05) is 24.7 Å². The third-order valence-electron chi connectivity index (χ3n) is 4.40. The molecule has 134 valence electrons. The predicted octanol–water partition coefficient (Wildman–Crippen LogP) is 2.90. The molecule has 0 bridgehead atoms. The van der Waals surface area contributed by atoms with Crippen LogP contribution in [0.1, 0.15) is 5.56 Å². The number of hydrogen-bond acceptors (Lipinski definition) is 6. The van der Waals surface area contributed by atoms with Crippen molar-refractivity contribution in [1.29, 1.82) is 0 Å². The van der Waals surface area contributed by atoms with Gasteiger partial charge in [-0.25, -0.2) is 4.98 Å². The molecular weight excluding hydrogens is 350 g/mol. The smallest absolute Gasteiger partial charge is 0.260 e. The van der Waals surface area contributed by atoms with Crippen molar-refractivity contribution in [3.05, 3.63) is 41.5 Å². The van der Waals surface area contributed by atoms with E-state index in [4.69, 9.17) is 14.5 Å². The number of pyridine rings is 1. The normalized spacial score (nSPS) is 14.6. The summed E-state index contributed by atoms with van der Waals surface area (Å²) in [5, 5.41) is 1.02. The van der Waals surface area contributed by atoms with E-state index in [0.29, 0.717) is 32.1 Å². The van der Waals surface area contributed by atoms with Crippen LogP contribution in [-0.2, 0) is 9.53 Å². The van der Waals surface area contributed by atoms with E-state index in [1.807, 2.05) is 24.4 Å². The number of rotatable bonds is 4. The molecule has 6 nitrogen and oxygen atoms in total. The molecule has 1 aliphatic rings. The van der Waals surface area contributed by atoms with Gasteiger partial charge in [-0.2, -0.15) is 0 Å². The number of ether oxygens (including phenoxy) is 2. The lowest BCUT2D eigenvalue weighted by Gasteiger charge is -2.26. The molecule has 0 aliphatic carbocycles. The van der Waals surface area contributed by atoms with E-state index in [-0.39, 0.29) is 12.5 Å². The molecule has 1 aromatic carbocycles. The number of aryl methyl sites for hydroxylation is 1. The van der Waals surface area contributed by atoms with Crippen molar-refractivity contribution >= 4 is 28.1 Å². The Hall–Kier alpha value is -2.51. The van der Waals surface area contributed by atoms with Crippen molar-refractivity contribution in [1.82, 2.24) is 14.9 Å². The van der Waals surface area contributed by atoms with Crippen molar-refractivity contribution in [2.75, 3.05) is 32.9 Å². The summed E-state index contributed by atoms with van der Waals surface area (Å²) in [6.45, 7) is 4.53. The molecule has 2 aromatic heterocycles. The van der Waals surface area contributed by atoms with Crippen LogP contribution in [0, 0.1) is 6.92 Å². The average Bonchev–Trinajstić information content (AvgIpc) is 3.22. The Morgan fingerprint density at radius 1 is 1.31 bits per heavy atom. The molecule has 3 aromatic rings. The molecule has 0 N–H and O–H groups in total. The number of nitrogens with zero attached hydrogens (tertiary/aromatic N) is 3. The summed E-state index contributed by atoms with van der Waals surface area (Å²) < 4.78 is 11.0. The van der Waals surface area contributed by atoms with E-state index in [1.165, 1.54) is 0 Å². The first kappa shape index (κ1) is 16.9. The van der Waals surface area contributed by atoms with Gasteiger partial charge < -0.3 is 14.4 Å². The number of carbonyl (C=O) groups is 1. The number of morpholine rings is 1. The molecule has 0 spiro atoms. The fourth-order valence-corrected chi connectivity index (χ4v) is 3.56. The van der Waals surface area contributed by atoms with Crippen molar-refractivity contribution in [2.45, 2.75) is 6.92 Å². The maximum Gasteiger partial charge on any atom is 0.260 e. The van der Waals surface area contributed by atoms with Crippen molar-refractivity contribution in [2.24, 2.45) is 0 Å². The Kier molecular flexibility index (Phi) is 4.81. The van der Waals surface area contributed by atoms with E-state index in [2.05, 4.69) is 18.0 Å². The van der Waals surface area contributed by atoms with Crippen LogP contribution in [0.3, 0.4) is 0 Å². The van der Waals surface area contributed by atoms with Gasteiger partial charge in [0.25, 0.3) is 5.91 Å². The van der Waals surface area contributed by atoms with Gasteiger partial charge in [-0.15, -0.1) is 11.3 Å². The quantitative estimate of drug-likeness (QED) is 0.708. The number of benzene rings is 1. The maximum atomic E-state index is 12.2. The van der Waals surface area contributed by atoms with Gasteiger partial charge in [0.05, 0.1) is 34.8 Å². The van der Waals surface area contributed by atoms with Gasteiger partial charge in [0.15, 0.2) is 6.61 Å². The van der Waals surface area contributed by atoms with Gasteiger partial charge in [0.2, 0.25) is 0 Å². The highest BCUT2D eigenvalue weighted by atomic mass is 32.1. The second kappa shape index (κ2) is 7.39. The van der Waals surface area contributed by atoms with Gasteiger partial charge in [0.1, 0.15) is 5.75 Å². The highest BCUT2D eigenvalue weighted by molar-refractivity contribution is 7.13. The highest BCUT2D eigenvalue weighted by Gasteiger charge is 2.17. The molecule has 0 radical (unpaired) electrons. The first-order valence-electron chi connectivity index (χ1n) is 8.49. The molecule has 3 heterocycles. The molecular formula is C19H19N3O3S. The van der Waals surface area contributed by atoms with E-state index < -0.39 is 0 Å². The summed E-state index contributed by atoms with van der Waals surface area (Å²) >= 11 is 1.57. The molecule has 0 atom stereocenters. The largest absolute Gasteiger partial charge is 0.484 e. The van der Waals surface area contributed by atoms with Crippen LogP contribution in [-0.4, -0.2) is 53.7 Å². The van der Waals surface area contributed by atoms with E-state index in [1.54, 1.807) is 21.7 Å². The zero-order valence-corrected chi connectivity index (χ0v) is 15.3. The van der Waals surface area contributed by atoms with Crippen molar-refractivity contribution < 1.29 is 14.3 Å². The molecule has 7 heteroatoms. The molecule has 1 saturated heterocycles. The van der Waals surface area contributed by atoms with Crippen LogP contribution in [0.15, 0.2) is 36.0 Å². The van der Waals surface area contributed by atoms with Crippen LogP contribution in [0.5, 0.6) is 5.75 Å². The minimum absolute atomic E-state index is 0.0104. The molecule has 26 heavy (non-hydrogen) atoms. The SMILES string of the molecule is Cc1cc(-c2cncs2)nc2ccc(OCC(=O)N3CCOCC3)cc12. The number of aromatic nitrogens is 2. The second-order valence-electron chi connectivity index (χ2n) is 6.15. The highest BCUT2D eigenvalue weighted by Crippen LogP contribution is 2.28. The number of hydrogen-bond donors (Lipinski definition) is 0. The van der Waals surface area contributed by atoms with Crippen LogP contribution in [0.4, 0.5) is 0 Å². The lowest BCUT2D eigenvalue weighted by molar-refractivity contribution is -0.137. The molecule has 1 aliphatic heterocycles. The number of thiazole rings is 1. The van der Waals surface area contributed by atoms with E-state index in [9.17, 15) is 4.79 Å². The minimum atomic E-state index is -0.0104. The fourth-order valence-electron chi connectivity index (χ4n) is 2.98. The van der Waals surface area contributed by atoms with Gasteiger partial charge in [-0.1, -0.05) is 0 Å². The van der Waals surface area contributed by atoms with E-state index in [0.717, 1.165) is 27.0 Å². The number of fused-ring (bicyclic) bond motifs is 1. The third-order valence-corrected chi connectivity index (χ3v) is 5.19. The summed E-state index contributed by atoms with van der Waals surface area (Å²) in [4.78, 5) is 23.9. The summed E-state index contributed by atoms with van der Waals surface area (Å²) in [7, 11) is 0. The third kappa shape index (κ3) is 3.54. The lowest BCUT2D eigenvalue weighted by Crippen LogP contribution is -2.42. The first-order valence-corrected chi connectivity index (χ1v) is 9.37. The number of amides is 1. The lowest BCUT2D eigenvalue weighted by atomic mass is 10.1. The van der Waals surface area contributed by atoms with Crippen LogP contribution in [0.25, 0.3) is 21.5 Å². The monoisotopic (exact) mass is 369 g/mol. The molecule has 0 saturated carbocycles. The Morgan fingerprint density at radius 3 is 2.92 bits per heavy atom. The van der Waals surface area contributed by atoms with Gasteiger partial charge in [-0.3, -0.25) is 9.78 Å². The van der Waals surface area contributed by atoms with Crippen LogP contribution >= 0.6 is 11.3 Å². The van der Waals surface area contributed by atoms with Crippen molar-refractivity contribution in [3.8, 4) is 16.3 Å². The predicted molar refractivity (Wildman–Crippen MR) is 100 cm³/mol. The van der Waals surface area contributed by atoms with Gasteiger partial charge in [-0.05, 0) is 36.8 Å². The molecule has 1 fully saturated rings. The van der Waals surface area contributed by atoms with Crippen molar-refractivity contribution in [3.63, 3.8) is 0 Å². The van der Waals surface area contributed by atoms with E-state index >= 15 is 0 Å². The molecule has 0 unspecified atom stereocenters. The Labute approximate surface area is 155 Å². The Bertz CT molecular complexity index is 921. The van der Waals surface area contributed by atoms with Crippen LogP contribution in [0.2, 0.25) is 0 Å². The van der Waals surface area contributed by atoms with Gasteiger partial charge >= 0.3 is 0 Å². The Morgan fingerprint density at radius 2 is 2.15 bits per heavy atom. The average molecular weight is 369 g/mol. The minimum Gasteiger partial charge on any atom is -0.484 e. The molecule has 4 rings (SSSR count). The maximum absolute atomic E-state index is 12.2. The summed E-state index contributed by atoms with van der Waals surface area (Å²) in [5.41, 5.74) is 4.75. The fraction of sp³-hybridized carbons (Fsp3) is 0.316. The first-order chi connectivity index (χ1) is 12.7. The topological polar surface area (TPSA) is 64.6 Å². The number of carbonyl (C=O) groups excluding carboxylic acids is 1. The zero-order valence-electron chi connectivity index (χ0n) is 14.5. The Balaban J connectivity index is 1.51. The second-order valence-corrected chi connectivity index (χ2v) is 7.04. The zero-order chi connectivity index (χ0) is 17.9. The standard InChI is InChI=1S/C19H19N3O3S/c1-13-8-17(18-10-20-12-26-18)21-16-3-2-14(9-15(13)16)25-11-19(23)22-4-6-24-7-5-22/h2-3,8-10,12H,4-7,11H2,1H3. The summed E-state index contributed by atoms with van der Waals surface area (Å²) in [5.74, 6) is 0.665. The summed E-state index contributed by atoms with van der Waals surface area (Å²) in [6.07, 6.45) is 1.83.